The molecule has 0 spiro atoms. The molecule has 1 aliphatic carbocycles. The summed E-state index contributed by atoms with van der Waals surface area (Å²) in [6, 6.07) is 109. The Bertz CT molecular complexity index is 3840. The summed E-state index contributed by atoms with van der Waals surface area (Å²) in [7, 11) is 0. The number of nitrogens with zero attached hydrogens (tertiary/aromatic N) is 1. The third kappa shape index (κ3) is 7.51. The first-order valence-corrected chi connectivity index (χ1v) is 24.9. The molecule has 0 radical (unpaired) electrons. The second-order valence-corrected chi connectivity index (χ2v) is 18.8. The lowest BCUT2D eigenvalue weighted by Crippen LogP contribution is -2.28. The number of hydrogen-bond donors (Lipinski definition) is 0. The molecule has 0 aromatic heterocycles. The minimum Gasteiger partial charge on any atom is -0.310 e. The highest BCUT2D eigenvalue weighted by atomic mass is 15.1. The van der Waals surface area contributed by atoms with Crippen molar-refractivity contribution in [2.45, 2.75) is 5.41 Å². The fourth-order valence-electron chi connectivity index (χ4n) is 11.3. The van der Waals surface area contributed by atoms with Crippen molar-refractivity contribution in [3.05, 3.63) is 320 Å². The van der Waals surface area contributed by atoms with Gasteiger partial charge in [-0.3, -0.25) is 0 Å². The molecular weight excluding hydrogens is 867 g/mol. The summed E-state index contributed by atoms with van der Waals surface area (Å²) >= 11 is 0. The summed E-state index contributed by atoms with van der Waals surface area (Å²) in [5, 5.41) is 2.50. The third-order valence-corrected chi connectivity index (χ3v) is 14.8. The van der Waals surface area contributed by atoms with Gasteiger partial charge >= 0.3 is 0 Å². The molecule has 0 saturated heterocycles. The highest BCUT2D eigenvalue weighted by Crippen LogP contribution is 2.59. The van der Waals surface area contributed by atoms with Gasteiger partial charge in [-0.1, -0.05) is 249 Å². The van der Waals surface area contributed by atoms with Crippen LogP contribution in [0.25, 0.3) is 77.5 Å². The van der Waals surface area contributed by atoms with Crippen LogP contribution >= 0.6 is 0 Å². The molecule has 1 heteroatoms. The van der Waals surface area contributed by atoms with Gasteiger partial charge in [-0.15, -0.1) is 0 Å². The van der Waals surface area contributed by atoms with Crippen LogP contribution in [-0.4, -0.2) is 0 Å². The molecule has 0 unspecified atom stereocenters. The molecule has 12 aromatic carbocycles. The van der Waals surface area contributed by atoms with Gasteiger partial charge in [-0.25, -0.2) is 0 Å². The number of rotatable bonds is 10. The molecule has 0 amide bonds. The normalized spacial score (nSPS) is 12.3. The second kappa shape index (κ2) is 18.2. The zero-order valence-corrected chi connectivity index (χ0v) is 39.7. The van der Waals surface area contributed by atoms with E-state index in [1.807, 2.05) is 0 Å². The molecule has 13 rings (SSSR count). The van der Waals surface area contributed by atoms with E-state index >= 15 is 0 Å². The Morgan fingerprint density at radius 2 is 0.611 bits per heavy atom. The first-order valence-electron chi connectivity index (χ1n) is 24.9. The van der Waals surface area contributed by atoms with E-state index in [1.54, 1.807) is 0 Å². The first-order chi connectivity index (χ1) is 35.7. The largest absolute Gasteiger partial charge is 0.310 e. The molecule has 12 aromatic rings. The SMILES string of the molecule is c1ccc(-c2ccc(-c3ccc(N(c4ccc(-c5cccc(-c6cccc(-c7ccc8ccccc8c7)c6)c5)cc4)c4cccc5c4-c4ccccc4C5(c4ccccc4)c4ccccc4)cc3)cc2)cc1. The molecule has 1 aliphatic rings. The maximum absolute atomic E-state index is 2.46. The van der Waals surface area contributed by atoms with E-state index in [9.17, 15) is 0 Å². The number of anilines is 3. The number of hydrogen-bond acceptors (Lipinski definition) is 1. The van der Waals surface area contributed by atoms with Gasteiger partial charge in [-0.05, 0) is 143 Å². The Hall–Kier alpha value is -9.30. The first kappa shape index (κ1) is 42.8. The Morgan fingerprint density at radius 3 is 1.18 bits per heavy atom. The molecule has 0 fully saturated rings. The van der Waals surface area contributed by atoms with Crippen LogP contribution in [0.5, 0.6) is 0 Å². The molecule has 0 atom stereocenters. The molecular formula is C71H49N. The van der Waals surface area contributed by atoms with Crippen molar-refractivity contribution in [1.82, 2.24) is 0 Å². The molecule has 1 nitrogen and oxygen atoms in total. The summed E-state index contributed by atoms with van der Waals surface area (Å²) in [6.45, 7) is 0. The highest BCUT2D eigenvalue weighted by Gasteiger charge is 2.47. The van der Waals surface area contributed by atoms with Gasteiger partial charge in [0.25, 0.3) is 0 Å². The molecule has 0 heterocycles. The topological polar surface area (TPSA) is 3.24 Å². The summed E-state index contributed by atoms with van der Waals surface area (Å²) in [6.07, 6.45) is 0. The molecule has 0 aliphatic heterocycles. The van der Waals surface area contributed by atoms with Gasteiger partial charge < -0.3 is 4.90 Å². The predicted molar refractivity (Wildman–Crippen MR) is 303 cm³/mol. The zero-order chi connectivity index (χ0) is 47.8. The summed E-state index contributed by atoms with van der Waals surface area (Å²) in [5.41, 5.74) is 22.3. The average molecular weight is 916 g/mol. The smallest absolute Gasteiger partial charge is 0.0714 e. The Balaban J connectivity index is 0.917. The van der Waals surface area contributed by atoms with Crippen LogP contribution in [0.3, 0.4) is 0 Å². The van der Waals surface area contributed by atoms with Crippen LogP contribution in [0.4, 0.5) is 17.1 Å². The molecule has 338 valence electrons. The average Bonchev–Trinajstić information content (AvgIpc) is 3.78. The van der Waals surface area contributed by atoms with Crippen molar-refractivity contribution in [3.63, 3.8) is 0 Å². The van der Waals surface area contributed by atoms with Crippen molar-refractivity contribution < 1.29 is 0 Å². The van der Waals surface area contributed by atoms with Crippen LogP contribution in [0.2, 0.25) is 0 Å². The summed E-state index contributed by atoms with van der Waals surface area (Å²) in [4.78, 5) is 2.46. The van der Waals surface area contributed by atoms with E-state index in [1.165, 1.54) is 94.2 Å². The van der Waals surface area contributed by atoms with Gasteiger partial charge in [0.15, 0.2) is 0 Å². The summed E-state index contributed by atoms with van der Waals surface area (Å²) in [5.74, 6) is 0. The Morgan fingerprint density at radius 1 is 0.236 bits per heavy atom. The third-order valence-electron chi connectivity index (χ3n) is 14.8. The van der Waals surface area contributed by atoms with Gasteiger partial charge in [0, 0.05) is 16.9 Å². The van der Waals surface area contributed by atoms with E-state index in [-0.39, 0.29) is 0 Å². The van der Waals surface area contributed by atoms with E-state index in [4.69, 9.17) is 0 Å². The lowest BCUT2D eigenvalue weighted by atomic mass is 9.68. The minimum atomic E-state index is -0.518. The van der Waals surface area contributed by atoms with Crippen LogP contribution in [0, 0.1) is 0 Å². The number of fused-ring (bicyclic) bond motifs is 4. The molecule has 0 saturated carbocycles. The van der Waals surface area contributed by atoms with Crippen LogP contribution in [0.15, 0.2) is 297 Å². The Labute approximate surface area is 422 Å². The van der Waals surface area contributed by atoms with E-state index < -0.39 is 5.41 Å². The standard InChI is InChI=1S/C71H49N/c1-4-17-50(18-5-1)52-33-35-53(36-34-52)54-39-43-64(44-40-54)72(69-32-16-31-68-70(69)66-29-12-13-30-67(66)71(68,62-25-6-2-7-26-62)63-27-8-3-9-28-63)65-45-41-55(42-46-65)57-21-14-22-58(47-57)59-23-15-24-60(49-59)61-38-37-51-19-10-11-20-56(51)48-61/h1-49H. The van der Waals surface area contributed by atoms with Gasteiger partial charge in [0.05, 0.1) is 11.1 Å². The van der Waals surface area contributed by atoms with Crippen LogP contribution in [0.1, 0.15) is 22.3 Å². The summed E-state index contributed by atoms with van der Waals surface area (Å²) < 4.78 is 0. The second-order valence-electron chi connectivity index (χ2n) is 18.8. The lowest BCUT2D eigenvalue weighted by Gasteiger charge is -2.34. The quantitative estimate of drug-likeness (QED) is 0.132. The van der Waals surface area contributed by atoms with E-state index in [2.05, 4.69) is 302 Å². The Kier molecular flexibility index (Phi) is 10.8. The van der Waals surface area contributed by atoms with Crippen molar-refractivity contribution in [1.29, 1.82) is 0 Å². The van der Waals surface area contributed by atoms with E-state index in [0.29, 0.717) is 0 Å². The molecule has 72 heavy (non-hydrogen) atoms. The lowest BCUT2D eigenvalue weighted by molar-refractivity contribution is 0.768. The van der Waals surface area contributed by atoms with Crippen molar-refractivity contribution in [2.24, 2.45) is 0 Å². The van der Waals surface area contributed by atoms with Crippen molar-refractivity contribution >= 4 is 27.8 Å². The van der Waals surface area contributed by atoms with Gasteiger partial charge in [0.1, 0.15) is 0 Å². The maximum atomic E-state index is 2.46. The van der Waals surface area contributed by atoms with Gasteiger partial charge in [0.2, 0.25) is 0 Å². The van der Waals surface area contributed by atoms with Crippen molar-refractivity contribution in [2.75, 3.05) is 4.90 Å². The molecule has 0 N–H and O–H groups in total. The fourth-order valence-corrected chi connectivity index (χ4v) is 11.3. The van der Waals surface area contributed by atoms with Crippen LogP contribution in [-0.2, 0) is 5.41 Å². The van der Waals surface area contributed by atoms with E-state index in [0.717, 1.165) is 22.6 Å². The predicted octanol–water partition coefficient (Wildman–Crippen LogP) is 19.0. The monoisotopic (exact) mass is 915 g/mol. The van der Waals surface area contributed by atoms with Crippen molar-refractivity contribution in [3.8, 4) is 66.8 Å². The zero-order valence-electron chi connectivity index (χ0n) is 39.7. The molecule has 0 bridgehead atoms. The highest BCUT2D eigenvalue weighted by molar-refractivity contribution is 5.98. The minimum absolute atomic E-state index is 0.518. The van der Waals surface area contributed by atoms with Crippen LogP contribution < -0.4 is 4.90 Å². The fraction of sp³-hybridized carbons (Fsp3) is 0.0141. The number of benzene rings is 12. The van der Waals surface area contributed by atoms with Gasteiger partial charge in [-0.2, -0.15) is 0 Å². The maximum Gasteiger partial charge on any atom is 0.0714 e.